The van der Waals surface area contributed by atoms with Gasteiger partial charge in [-0.2, -0.15) is 0 Å². The van der Waals surface area contributed by atoms with Gasteiger partial charge in [0.15, 0.2) is 5.11 Å². The van der Waals surface area contributed by atoms with E-state index in [0.29, 0.717) is 17.3 Å². The first kappa shape index (κ1) is 22.7. The summed E-state index contributed by atoms with van der Waals surface area (Å²) in [6.07, 6.45) is 0.977. The van der Waals surface area contributed by atoms with Crippen molar-refractivity contribution in [3.63, 3.8) is 0 Å². The normalized spacial score (nSPS) is 10.3. The Balaban J connectivity index is 1.79. The third kappa shape index (κ3) is 7.06. The Morgan fingerprint density at radius 2 is 1.83 bits per heavy atom. The first-order chi connectivity index (χ1) is 13.9. The van der Waals surface area contributed by atoms with Crippen molar-refractivity contribution in [3.05, 3.63) is 59.2 Å². The molecule has 0 radical (unpaired) electrons. The summed E-state index contributed by atoms with van der Waals surface area (Å²) in [6, 6.07) is 14.0. The molecular weight excluding hydrogens is 382 g/mol. The predicted octanol–water partition coefficient (Wildman–Crippen LogP) is 4.68. The second-order valence-electron chi connectivity index (χ2n) is 6.90. The number of carbonyl (C=O) groups is 1. The zero-order chi connectivity index (χ0) is 21.2. The second-order valence-corrected chi connectivity index (χ2v) is 7.31. The van der Waals surface area contributed by atoms with Crippen molar-refractivity contribution >= 4 is 34.7 Å². The average Bonchev–Trinajstić information content (AvgIpc) is 2.70. The topological polar surface area (TPSA) is 53.6 Å². The van der Waals surface area contributed by atoms with E-state index in [-0.39, 0.29) is 5.97 Å². The highest BCUT2D eigenvalue weighted by molar-refractivity contribution is 7.80. The molecule has 0 saturated carbocycles. The van der Waals surface area contributed by atoms with E-state index in [2.05, 4.69) is 53.6 Å². The Morgan fingerprint density at radius 1 is 1.10 bits per heavy atom. The van der Waals surface area contributed by atoms with Gasteiger partial charge in [0.1, 0.15) is 0 Å². The highest BCUT2D eigenvalue weighted by atomic mass is 32.1. The van der Waals surface area contributed by atoms with Crippen molar-refractivity contribution in [1.29, 1.82) is 0 Å². The lowest BCUT2D eigenvalue weighted by atomic mass is 10.1. The van der Waals surface area contributed by atoms with Crippen LogP contribution in [0.4, 0.5) is 11.4 Å². The number of nitrogens with zero attached hydrogens (tertiary/aromatic N) is 1. The van der Waals surface area contributed by atoms with Gasteiger partial charge in [-0.25, -0.2) is 4.79 Å². The molecule has 2 rings (SSSR count). The van der Waals surface area contributed by atoms with E-state index in [1.807, 2.05) is 19.1 Å². The number of aryl methyl sites for hydroxylation is 2. The van der Waals surface area contributed by atoms with Gasteiger partial charge in [-0.1, -0.05) is 17.7 Å². The number of esters is 1. The molecular formula is C23H31N3O2S. The second kappa shape index (κ2) is 11.4. The molecule has 29 heavy (non-hydrogen) atoms. The van der Waals surface area contributed by atoms with Gasteiger partial charge in [-0.05, 0) is 82.2 Å². The minimum atomic E-state index is -0.308. The van der Waals surface area contributed by atoms with Gasteiger partial charge < -0.3 is 20.3 Å². The van der Waals surface area contributed by atoms with Gasteiger partial charge >= 0.3 is 5.97 Å². The molecule has 2 aromatic carbocycles. The molecule has 0 bridgehead atoms. The third-order valence-corrected chi connectivity index (χ3v) is 4.90. The van der Waals surface area contributed by atoms with Crippen LogP contribution in [0, 0.1) is 13.8 Å². The summed E-state index contributed by atoms with van der Waals surface area (Å²) in [5, 5.41) is 7.04. The highest BCUT2D eigenvalue weighted by Crippen LogP contribution is 2.17. The largest absolute Gasteiger partial charge is 0.462 e. The van der Waals surface area contributed by atoms with Crippen LogP contribution in [0.1, 0.15) is 41.8 Å². The van der Waals surface area contributed by atoms with Gasteiger partial charge in [-0.3, -0.25) is 0 Å². The molecule has 2 aromatic rings. The van der Waals surface area contributed by atoms with E-state index in [0.717, 1.165) is 37.3 Å². The van der Waals surface area contributed by atoms with Crippen LogP contribution >= 0.6 is 12.2 Å². The van der Waals surface area contributed by atoms with Crippen LogP contribution in [0.2, 0.25) is 0 Å². The first-order valence-corrected chi connectivity index (χ1v) is 10.5. The van der Waals surface area contributed by atoms with E-state index in [4.69, 9.17) is 17.0 Å². The number of ether oxygens (including phenoxy) is 1. The molecule has 6 heteroatoms. The van der Waals surface area contributed by atoms with E-state index < -0.39 is 0 Å². The standard InChI is InChI=1S/C23H31N3O2S/c1-5-26(20-11-8-17(3)9-12-20)15-7-14-24-23(29)25-21-13-10-19(16-18(21)4)22(27)28-6-2/h8-13,16H,5-7,14-15H2,1-4H3,(H2,24,25,29). The molecule has 0 aliphatic carbocycles. The lowest BCUT2D eigenvalue weighted by Crippen LogP contribution is -2.32. The maximum Gasteiger partial charge on any atom is 0.338 e. The van der Waals surface area contributed by atoms with Gasteiger partial charge in [0, 0.05) is 31.0 Å². The lowest BCUT2D eigenvalue weighted by molar-refractivity contribution is 0.0526. The number of nitrogens with one attached hydrogen (secondary N) is 2. The lowest BCUT2D eigenvalue weighted by Gasteiger charge is -2.23. The zero-order valence-corrected chi connectivity index (χ0v) is 18.6. The molecule has 0 atom stereocenters. The zero-order valence-electron chi connectivity index (χ0n) is 17.7. The number of hydrogen-bond acceptors (Lipinski definition) is 4. The Labute approximate surface area is 179 Å². The number of benzene rings is 2. The van der Waals surface area contributed by atoms with Gasteiger partial charge in [0.2, 0.25) is 0 Å². The smallest absolute Gasteiger partial charge is 0.338 e. The monoisotopic (exact) mass is 413 g/mol. The first-order valence-electron chi connectivity index (χ1n) is 10.1. The molecule has 0 spiro atoms. The fourth-order valence-corrected chi connectivity index (χ4v) is 3.22. The molecule has 0 unspecified atom stereocenters. The molecule has 156 valence electrons. The molecule has 0 fully saturated rings. The van der Waals surface area contributed by atoms with E-state index in [9.17, 15) is 4.79 Å². The summed E-state index contributed by atoms with van der Waals surface area (Å²) < 4.78 is 5.03. The summed E-state index contributed by atoms with van der Waals surface area (Å²) >= 11 is 5.41. The van der Waals surface area contributed by atoms with Crippen LogP contribution < -0.4 is 15.5 Å². The molecule has 0 aliphatic heterocycles. The minimum absolute atomic E-state index is 0.308. The van der Waals surface area contributed by atoms with Crippen molar-refractivity contribution in [3.8, 4) is 0 Å². The van der Waals surface area contributed by atoms with Gasteiger partial charge in [-0.15, -0.1) is 0 Å². The summed E-state index contributed by atoms with van der Waals surface area (Å²) in [5.41, 5.74) is 4.88. The molecule has 0 saturated heterocycles. The van der Waals surface area contributed by atoms with Crippen molar-refractivity contribution in [1.82, 2.24) is 5.32 Å². The number of carbonyl (C=O) groups excluding carboxylic acids is 1. The highest BCUT2D eigenvalue weighted by Gasteiger charge is 2.09. The molecule has 5 nitrogen and oxygen atoms in total. The van der Waals surface area contributed by atoms with Crippen molar-refractivity contribution in [2.45, 2.75) is 34.1 Å². The Kier molecular flexibility index (Phi) is 8.93. The third-order valence-electron chi connectivity index (χ3n) is 4.66. The molecule has 0 amide bonds. The van der Waals surface area contributed by atoms with Crippen molar-refractivity contribution in [2.75, 3.05) is 36.5 Å². The van der Waals surface area contributed by atoms with Crippen LogP contribution in [-0.2, 0) is 4.74 Å². The van der Waals surface area contributed by atoms with Crippen LogP contribution in [0.5, 0.6) is 0 Å². The predicted molar refractivity (Wildman–Crippen MR) is 125 cm³/mol. The summed E-state index contributed by atoms with van der Waals surface area (Å²) in [4.78, 5) is 14.2. The van der Waals surface area contributed by atoms with Crippen LogP contribution in [0.3, 0.4) is 0 Å². The van der Waals surface area contributed by atoms with Crippen molar-refractivity contribution < 1.29 is 9.53 Å². The maximum absolute atomic E-state index is 11.8. The average molecular weight is 414 g/mol. The van der Waals surface area contributed by atoms with Gasteiger partial charge in [0.05, 0.1) is 12.2 Å². The van der Waals surface area contributed by atoms with E-state index >= 15 is 0 Å². The fourth-order valence-electron chi connectivity index (χ4n) is 3.01. The Morgan fingerprint density at radius 3 is 2.45 bits per heavy atom. The number of rotatable bonds is 9. The fraction of sp³-hybridized carbons (Fsp3) is 0.391. The summed E-state index contributed by atoms with van der Waals surface area (Å²) in [6.45, 7) is 11.1. The Hall–Kier alpha value is -2.60. The maximum atomic E-state index is 11.8. The van der Waals surface area contributed by atoms with E-state index in [1.165, 1.54) is 11.3 Å². The van der Waals surface area contributed by atoms with E-state index in [1.54, 1.807) is 13.0 Å². The molecule has 0 aliphatic rings. The number of thiocarbonyl (C=S) groups is 1. The molecule has 0 aromatic heterocycles. The van der Waals surface area contributed by atoms with Gasteiger partial charge in [0.25, 0.3) is 0 Å². The molecule has 0 heterocycles. The number of anilines is 2. The Bertz CT molecular complexity index is 821. The van der Waals surface area contributed by atoms with Crippen LogP contribution in [-0.4, -0.2) is 37.3 Å². The van der Waals surface area contributed by atoms with Crippen LogP contribution in [0.25, 0.3) is 0 Å². The summed E-state index contributed by atoms with van der Waals surface area (Å²) in [7, 11) is 0. The van der Waals surface area contributed by atoms with Crippen molar-refractivity contribution in [2.24, 2.45) is 0 Å². The summed E-state index contributed by atoms with van der Waals surface area (Å²) in [5.74, 6) is -0.308. The quantitative estimate of drug-likeness (QED) is 0.354. The SMILES string of the molecule is CCOC(=O)c1ccc(NC(=S)NCCCN(CC)c2ccc(C)cc2)c(C)c1. The number of hydrogen-bond donors (Lipinski definition) is 2. The minimum Gasteiger partial charge on any atom is -0.462 e. The van der Waals surface area contributed by atoms with Crippen LogP contribution in [0.15, 0.2) is 42.5 Å². The molecule has 2 N–H and O–H groups in total.